The fourth-order valence-electron chi connectivity index (χ4n) is 1.12. The molecule has 0 unspecified atom stereocenters. The van der Waals surface area contributed by atoms with Crippen LogP contribution in [0.1, 0.15) is 11.3 Å². The molecular formula is C10H9ClN4. The molecule has 0 amide bonds. The van der Waals surface area contributed by atoms with Crippen molar-refractivity contribution in [3.8, 4) is 11.5 Å². The SMILES string of the molecule is Cc1nc(-c2cnccn2)nc(Cl)c1C. The van der Waals surface area contributed by atoms with Crippen LogP contribution in [0.2, 0.25) is 5.15 Å². The maximum Gasteiger partial charge on any atom is 0.181 e. The minimum atomic E-state index is 0.461. The summed E-state index contributed by atoms with van der Waals surface area (Å²) in [7, 11) is 0. The standard InChI is InChI=1S/C10H9ClN4/c1-6-7(2)14-10(15-9(6)11)8-5-12-3-4-13-8/h3-5H,1-2H3. The zero-order valence-electron chi connectivity index (χ0n) is 8.40. The first-order chi connectivity index (χ1) is 7.18. The molecule has 0 radical (unpaired) electrons. The van der Waals surface area contributed by atoms with Gasteiger partial charge < -0.3 is 0 Å². The lowest BCUT2D eigenvalue weighted by Crippen LogP contribution is -1.98. The molecule has 0 aliphatic rings. The van der Waals surface area contributed by atoms with Crippen LogP contribution in [0, 0.1) is 13.8 Å². The Kier molecular flexibility index (Phi) is 2.60. The first-order valence-electron chi connectivity index (χ1n) is 4.45. The molecule has 15 heavy (non-hydrogen) atoms. The largest absolute Gasteiger partial charge is 0.261 e. The van der Waals surface area contributed by atoms with Gasteiger partial charge in [0.15, 0.2) is 5.82 Å². The Hall–Kier alpha value is -1.55. The van der Waals surface area contributed by atoms with Crippen molar-refractivity contribution in [1.29, 1.82) is 0 Å². The molecule has 2 aromatic heterocycles. The summed E-state index contributed by atoms with van der Waals surface area (Å²) in [6.45, 7) is 3.78. The van der Waals surface area contributed by atoms with E-state index in [9.17, 15) is 0 Å². The second kappa shape index (κ2) is 3.90. The van der Waals surface area contributed by atoms with Crippen LogP contribution in [-0.2, 0) is 0 Å². The van der Waals surface area contributed by atoms with E-state index in [2.05, 4.69) is 19.9 Å². The van der Waals surface area contributed by atoms with Gasteiger partial charge in [-0.05, 0) is 13.8 Å². The van der Waals surface area contributed by atoms with Crippen molar-refractivity contribution < 1.29 is 0 Å². The molecule has 0 aromatic carbocycles. The summed E-state index contributed by atoms with van der Waals surface area (Å²) in [5.74, 6) is 0.510. The first-order valence-corrected chi connectivity index (χ1v) is 4.83. The van der Waals surface area contributed by atoms with Gasteiger partial charge in [-0.2, -0.15) is 0 Å². The van der Waals surface area contributed by atoms with Crippen molar-refractivity contribution in [3.05, 3.63) is 35.0 Å². The average Bonchev–Trinajstić information content (AvgIpc) is 2.26. The monoisotopic (exact) mass is 220 g/mol. The summed E-state index contributed by atoms with van der Waals surface area (Å²) in [5, 5.41) is 0.461. The van der Waals surface area contributed by atoms with E-state index in [-0.39, 0.29) is 0 Å². The van der Waals surface area contributed by atoms with E-state index in [1.807, 2.05) is 13.8 Å². The molecule has 0 saturated heterocycles. The van der Waals surface area contributed by atoms with Crippen LogP contribution in [0.4, 0.5) is 0 Å². The van der Waals surface area contributed by atoms with Crippen LogP contribution in [0.15, 0.2) is 18.6 Å². The molecule has 0 fully saturated rings. The lowest BCUT2D eigenvalue weighted by atomic mass is 10.2. The smallest absolute Gasteiger partial charge is 0.181 e. The van der Waals surface area contributed by atoms with Crippen LogP contribution >= 0.6 is 11.6 Å². The highest BCUT2D eigenvalue weighted by molar-refractivity contribution is 6.30. The molecule has 0 saturated carbocycles. The topological polar surface area (TPSA) is 51.6 Å². The highest BCUT2D eigenvalue weighted by Gasteiger charge is 2.08. The second-order valence-electron chi connectivity index (χ2n) is 3.14. The highest BCUT2D eigenvalue weighted by Crippen LogP contribution is 2.19. The van der Waals surface area contributed by atoms with Gasteiger partial charge in [0.2, 0.25) is 0 Å². The first kappa shape index (κ1) is 9.98. The normalized spacial score (nSPS) is 10.3. The molecule has 0 aliphatic carbocycles. The Morgan fingerprint density at radius 3 is 2.53 bits per heavy atom. The fraction of sp³-hybridized carbons (Fsp3) is 0.200. The van der Waals surface area contributed by atoms with Crippen LogP contribution < -0.4 is 0 Å². The Morgan fingerprint density at radius 1 is 1.13 bits per heavy atom. The van der Waals surface area contributed by atoms with Crippen LogP contribution in [0.3, 0.4) is 0 Å². The zero-order valence-corrected chi connectivity index (χ0v) is 9.15. The molecule has 0 atom stereocenters. The van der Waals surface area contributed by atoms with Gasteiger partial charge >= 0.3 is 0 Å². The summed E-state index contributed by atoms with van der Waals surface area (Å²) in [4.78, 5) is 16.5. The molecule has 0 N–H and O–H groups in total. The molecular weight excluding hydrogens is 212 g/mol. The van der Waals surface area contributed by atoms with Gasteiger partial charge in [-0.3, -0.25) is 4.98 Å². The predicted molar refractivity (Wildman–Crippen MR) is 57.5 cm³/mol. The van der Waals surface area contributed by atoms with E-state index in [0.717, 1.165) is 11.3 Å². The van der Waals surface area contributed by atoms with E-state index < -0.39 is 0 Å². The quantitative estimate of drug-likeness (QED) is 0.692. The van der Waals surface area contributed by atoms with E-state index >= 15 is 0 Å². The van der Waals surface area contributed by atoms with Gasteiger partial charge in [0, 0.05) is 23.7 Å². The van der Waals surface area contributed by atoms with E-state index in [4.69, 9.17) is 11.6 Å². The number of aromatic nitrogens is 4. The van der Waals surface area contributed by atoms with Crippen molar-refractivity contribution in [2.75, 3.05) is 0 Å². The summed E-state index contributed by atoms with van der Waals surface area (Å²) in [5.41, 5.74) is 2.38. The minimum Gasteiger partial charge on any atom is -0.261 e. The Labute approximate surface area is 92.4 Å². The Bertz CT molecular complexity index is 461. The minimum absolute atomic E-state index is 0.461. The maximum absolute atomic E-state index is 5.97. The molecule has 0 bridgehead atoms. The summed E-state index contributed by atoms with van der Waals surface area (Å²) in [6, 6.07) is 0. The van der Waals surface area contributed by atoms with E-state index in [0.29, 0.717) is 16.7 Å². The number of nitrogens with zero attached hydrogens (tertiary/aromatic N) is 4. The number of aryl methyl sites for hydroxylation is 1. The lowest BCUT2D eigenvalue weighted by molar-refractivity contribution is 1.05. The second-order valence-corrected chi connectivity index (χ2v) is 3.50. The Morgan fingerprint density at radius 2 is 1.93 bits per heavy atom. The van der Waals surface area contributed by atoms with Crippen LogP contribution in [0.5, 0.6) is 0 Å². The molecule has 5 heteroatoms. The van der Waals surface area contributed by atoms with Gasteiger partial charge in [-0.25, -0.2) is 15.0 Å². The van der Waals surface area contributed by atoms with Crippen LogP contribution in [0.25, 0.3) is 11.5 Å². The van der Waals surface area contributed by atoms with E-state index in [1.165, 1.54) is 0 Å². The highest BCUT2D eigenvalue weighted by atomic mass is 35.5. The molecule has 0 aliphatic heterocycles. The number of hydrogen-bond acceptors (Lipinski definition) is 4. The average molecular weight is 221 g/mol. The Balaban J connectivity index is 2.56. The third-order valence-corrected chi connectivity index (χ3v) is 2.49. The molecule has 2 rings (SSSR count). The van der Waals surface area contributed by atoms with Crippen molar-refractivity contribution in [2.45, 2.75) is 13.8 Å². The lowest BCUT2D eigenvalue weighted by Gasteiger charge is -2.04. The summed E-state index contributed by atoms with van der Waals surface area (Å²) < 4.78 is 0. The molecule has 2 heterocycles. The number of hydrogen-bond donors (Lipinski definition) is 0. The van der Waals surface area contributed by atoms with Crippen LogP contribution in [-0.4, -0.2) is 19.9 Å². The van der Waals surface area contributed by atoms with E-state index in [1.54, 1.807) is 18.6 Å². The maximum atomic E-state index is 5.97. The molecule has 4 nitrogen and oxygen atoms in total. The van der Waals surface area contributed by atoms with Crippen molar-refractivity contribution in [1.82, 2.24) is 19.9 Å². The van der Waals surface area contributed by atoms with Gasteiger partial charge in [-0.15, -0.1) is 0 Å². The van der Waals surface area contributed by atoms with Crippen molar-refractivity contribution in [2.24, 2.45) is 0 Å². The number of halogens is 1. The number of rotatable bonds is 1. The summed E-state index contributed by atoms with van der Waals surface area (Å²) in [6.07, 6.45) is 4.81. The zero-order chi connectivity index (χ0) is 10.8. The predicted octanol–water partition coefficient (Wildman–Crippen LogP) is 2.20. The molecule has 0 spiro atoms. The van der Waals surface area contributed by atoms with Gasteiger partial charge in [0.1, 0.15) is 10.8 Å². The van der Waals surface area contributed by atoms with Gasteiger partial charge in [0.25, 0.3) is 0 Å². The molecule has 76 valence electrons. The fourth-order valence-corrected chi connectivity index (χ4v) is 1.34. The third kappa shape index (κ3) is 1.94. The van der Waals surface area contributed by atoms with Crippen molar-refractivity contribution in [3.63, 3.8) is 0 Å². The molecule has 2 aromatic rings. The third-order valence-electron chi connectivity index (χ3n) is 2.12. The van der Waals surface area contributed by atoms with Gasteiger partial charge in [0.05, 0.1) is 6.20 Å². The summed E-state index contributed by atoms with van der Waals surface area (Å²) >= 11 is 5.97. The van der Waals surface area contributed by atoms with Gasteiger partial charge in [-0.1, -0.05) is 11.6 Å². The van der Waals surface area contributed by atoms with Crippen molar-refractivity contribution >= 4 is 11.6 Å².